The van der Waals surface area contributed by atoms with Crippen LogP contribution in [0.25, 0.3) is 0 Å². The Balaban J connectivity index is 2.28. The van der Waals surface area contributed by atoms with E-state index in [9.17, 15) is 9.59 Å². The predicted octanol–water partition coefficient (Wildman–Crippen LogP) is 2.38. The molecule has 1 N–H and O–H groups in total. The van der Waals surface area contributed by atoms with Gasteiger partial charge in [-0.15, -0.1) is 0 Å². The molecule has 1 aliphatic heterocycles. The minimum absolute atomic E-state index is 0.0223. The van der Waals surface area contributed by atoms with Gasteiger partial charge in [-0.2, -0.15) is 0 Å². The van der Waals surface area contributed by atoms with Gasteiger partial charge in [0, 0.05) is 22.7 Å². The van der Waals surface area contributed by atoms with Crippen molar-refractivity contribution in [1.82, 2.24) is 5.32 Å². The van der Waals surface area contributed by atoms with Crippen molar-refractivity contribution >= 4 is 27.5 Å². The molecule has 2 rings (SSSR count). The SMILES string of the molecule is Cc1ccc(Br)c(C(=O)C2CC(=O)C=CN2)c1. The van der Waals surface area contributed by atoms with Crippen molar-refractivity contribution in [2.75, 3.05) is 0 Å². The second-order valence-corrected chi connectivity index (χ2v) is 4.92. The van der Waals surface area contributed by atoms with E-state index in [1.807, 2.05) is 25.1 Å². The van der Waals surface area contributed by atoms with E-state index in [4.69, 9.17) is 0 Å². The summed E-state index contributed by atoms with van der Waals surface area (Å²) in [6.07, 6.45) is 3.21. The van der Waals surface area contributed by atoms with Crippen LogP contribution in [0.4, 0.5) is 0 Å². The number of hydrogen-bond acceptors (Lipinski definition) is 3. The number of ketones is 2. The molecule has 1 aromatic carbocycles. The molecule has 1 unspecified atom stereocenters. The van der Waals surface area contributed by atoms with E-state index in [-0.39, 0.29) is 18.0 Å². The number of nitrogens with one attached hydrogen (secondary N) is 1. The molecule has 0 aromatic heterocycles. The van der Waals surface area contributed by atoms with E-state index in [0.717, 1.165) is 10.0 Å². The van der Waals surface area contributed by atoms with Crippen molar-refractivity contribution in [3.8, 4) is 0 Å². The van der Waals surface area contributed by atoms with Gasteiger partial charge < -0.3 is 5.32 Å². The third kappa shape index (κ3) is 2.64. The lowest BCUT2D eigenvalue weighted by Crippen LogP contribution is -2.38. The van der Waals surface area contributed by atoms with Crippen molar-refractivity contribution in [2.45, 2.75) is 19.4 Å². The average molecular weight is 294 g/mol. The Morgan fingerprint density at radius 3 is 2.94 bits per heavy atom. The Bertz CT molecular complexity index is 508. The zero-order valence-electron chi connectivity index (χ0n) is 9.37. The van der Waals surface area contributed by atoms with Gasteiger partial charge in [-0.05, 0) is 25.1 Å². The number of rotatable bonds is 2. The van der Waals surface area contributed by atoms with Gasteiger partial charge in [-0.1, -0.05) is 27.6 Å². The molecule has 1 aromatic rings. The number of benzene rings is 1. The van der Waals surface area contributed by atoms with Crippen molar-refractivity contribution in [3.05, 3.63) is 46.1 Å². The zero-order chi connectivity index (χ0) is 12.4. The summed E-state index contributed by atoms with van der Waals surface area (Å²) in [6.45, 7) is 1.93. The first-order valence-electron chi connectivity index (χ1n) is 5.34. The summed E-state index contributed by atoms with van der Waals surface area (Å²) >= 11 is 3.36. The van der Waals surface area contributed by atoms with Crippen molar-refractivity contribution < 1.29 is 9.59 Å². The van der Waals surface area contributed by atoms with Crippen LogP contribution in [-0.4, -0.2) is 17.6 Å². The molecular formula is C13H12BrNO2. The number of hydrogen-bond donors (Lipinski definition) is 1. The fraction of sp³-hybridized carbons (Fsp3) is 0.231. The lowest BCUT2D eigenvalue weighted by Gasteiger charge is -2.19. The lowest BCUT2D eigenvalue weighted by atomic mass is 9.97. The molecule has 0 saturated heterocycles. The Morgan fingerprint density at radius 2 is 2.24 bits per heavy atom. The molecule has 0 aliphatic carbocycles. The van der Waals surface area contributed by atoms with Crippen molar-refractivity contribution in [3.63, 3.8) is 0 Å². The predicted molar refractivity (Wildman–Crippen MR) is 68.9 cm³/mol. The van der Waals surface area contributed by atoms with Gasteiger partial charge in [0.25, 0.3) is 0 Å². The Hall–Kier alpha value is -1.42. The highest BCUT2D eigenvalue weighted by Crippen LogP contribution is 2.21. The summed E-state index contributed by atoms with van der Waals surface area (Å²) in [5, 5.41) is 2.92. The molecule has 0 radical (unpaired) electrons. The van der Waals surface area contributed by atoms with Crippen LogP contribution in [0, 0.1) is 6.92 Å². The zero-order valence-corrected chi connectivity index (χ0v) is 11.0. The average Bonchev–Trinajstić information content (AvgIpc) is 2.31. The molecule has 3 nitrogen and oxygen atoms in total. The molecule has 1 atom stereocenters. The molecule has 0 amide bonds. The van der Waals surface area contributed by atoms with Crippen LogP contribution in [-0.2, 0) is 4.79 Å². The summed E-state index contributed by atoms with van der Waals surface area (Å²) in [6, 6.07) is 5.16. The Morgan fingerprint density at radius 1 is 1.47 bits per heavy atom. The van der Waals surface area contributed by atoms with Gasteiger partial charge in [0.2, 0.25) is 0 Å². The number of Topliss-reactive ketones (excluding diaryl/α,β-unsaturated/α-hetero) is 1. The minimum atomic E-state index is -0.453. The van der Waals surface area contributed by atoms with Gasteiger partial charge >= 0.3 is 0 Å². The number of aryl methyl sites for hydroxylation is 1. The normalized spacial score (nSPS) is 18.9. The van der Waals surface area contributed by atoms with E-state index < -0.39 is 6.04 Å². The molecule has 0 bridgehead atoms. The maximum atomic E-state index is 12.2. The van der Waals surface area contributed by atoms with E-state index >= 15 is 0 Å². The molecule has 0 spiro atoms. The number of carbonyl (C=O) groups is 2. The highest BCUT2D eigenvalue weighted by atomic mass is 79.9. The third-order valence-electron chi connectivity index (χ3n) is 2.68. The Kier molecular flexibility index (Phi) is 3.43. The van der Waals surface area contributed by atoms with Crippen LogP contribution in [0.3, 0.4) is 0 Å². The molecule has 0 saturated carbocycles. The molecule has 1 heterocycles. The van der Waals surface area contributed by atoms with Gasteiger partial charge in [0.1, 0.15) is 0 Å². The van der Waals surface area contributed by atoms with E-state index in [2.05, 4.69) is 21.2 Å². The largest absolute Gasteiger partial charge is 0.380 e. The standard InChI is InChI=1S/C13H12BrNO2/c1-8-2-3-11(14)10(6-8)13(17)12-7-9(16)4-5-15-12/h2-6,12,15H,7H2,1H3. The van der Waals surface area contributed by atoms with Crippen LogP contribution in [0.15, 0.2) is 34.9 Å². The topological polar surface area (TPSA) is 46.2 Å². The number of allylic oxidation sites excluding steroid dienone is 1. The van der Waals surface area contributed by atoms with E-state index in [1.165, 1.54) is 12.3 Å². The van der Waals surface area contributed by atoms with Crippen LogP contribution >= 0.6 is 15.9 Å². The van der Waals surface area contributed by atoms with Gasteiger partial charge in [0.05, 0.1) is 6.04 Å². The monoisotopic (exact) mass is 293 g/mol. The highest BCUT2D eigenvalue weighted by Gasteiger charge is 2.24. The van der Waals surface area contributed by atoms with Gasteiger partial charge in [-0.3, -0.25) is 9.59 Å². The second-order valence-electron chi connectivity index (χ2n) is 4.07. The first kappa shape index (κ1) is 12.0. The third-order valence-corrected chi connectivity index (χ3v) is 3.37. The van der Waals surface area contributed by atoms with Crippen LogP contribution in [0.2, 0.25) is 0 Å². The van der Waals surface area contributed by atoms with E-state index in [0.29, 0.717) is 5.56 Å². The second kappa shape index (κ2) is 4.84. The summed E-state index contributed by atoms with van der Waals surface area (Å²) < 4.78 is 0.761. The first-order chi connectivity index (χ1) is 8.08. The smallest absolute Gasteiger partial charge is 0.186 e. The maximum absolute atomic E-state index is 12.2. The van der Waals surface area contributed by atoms with Crippen LogP contribution in [0.5, 0.6) is 0 Å². The number of halogens is 1. The summed E-state index contributed by atoms with van der Waals surface area (Å²) in [5.74, 6) is -0.0795. The summed E-state index contributed by atoms with van der Waals surface area (Å²) in [5.41, 5.74) is 1.64. The van der Waals surface area contributed by atoms with Crippen molar-refractivity contribution in [2.24, 2.45) is 0 Å². The maximum Gasteiger partial charge on any atom is 0.186 e. The fourth-order valence-corrected chi connectivity index (χ4v) is 2.21. The fourth-order valence-electron chi connectivity index (χ4n) is 1.77. The molecule has 88 valence electrons. The highest BCUT2D eigenvalue weighted by molar-refractivity contribution is 9.10. The molecule has 0 fully saturated rings. The van der Waals surface area contributed by atoms with E-state index in [1.54, 1.807) is 0 Å². The van der Waals surface area contributed by atoms with Crippen LogP contribution < -0.4 is 5.32 Å². The van der Waals surface area contributed by atoms with Gasteiger partial charge in [0.15, 0.2) is 11.6 Å². The molecule has 17 heavy (non-hydrogen) atoms. The summed E-state index contributed by atoms with van der Waals surface area (Å²) in [7, 11) is 0. The minimum Gasteiger partial charge on any atom is -0.380 e. The molecule has 4 heteroatoms. The number of carbonyl (C=O) groups excluding carboxylic acids is 2. The van der Waals surface area contributed by atoms with Gasteiger partial charge in [-0.25, -0.2) is 0 Å². The van der Waals surface area contributed by atoms with Crippen LogP contribution in [0.1, 0.15) is 22.3 Å². The quantitative estimate of drug-likeness (QED) is 0.852. The van der Waals surface area contributed by atoms with Crippen molar-refractivity contribution in [1.29, 1.82) is 0 Å². The molecule has 1 aliphatic rings. The molecular weight excluding hydrogens is 282 g/mol. The lowest BCUT2D eigenvalue weighted by molar-refractivity contribution is -0.115. The first-order valence-corrected chi connectivity index (χ1v) is 6.13. The summed E-state index contributed by atoms with van der Waals surface area (Å²) in [4.78, 5) is 23.5. The Labute approximate surface area is 108 Å².